The second-order valence-electron chi connectivity index (χ2n) is 6.23. The van der Waals surface area contributed by atoms with E-state index in [9.17, 15) is 4.79 Å². The number of para-hydroxylation sites is 1. The van der Waals surface area contributed by atoms with E-state index in [4.69, 9.17) is 11.6 Å². The summed E-state index contributed by atoms with van der Waals surface area (Å²) in [6.07, 6.45) is 3.70. The van der Waals surface area contributed by atoms with E-state index >= 15 is 0 Å². The average molecular weight is 400 g/mol. The molecule has 27 heavy (non-hydrogen) atoms. The van der Waals surface area contributed by atoms with Crippen LogP contribution < -0.4 is 10.6 Å². The largest absolute Gasteiger partial charge is 0.330 e. The summed E-state index contributed by atoms with van der Waals surface area (Å²) in [5.41, 5.74) is 3.53. The van der Waals surface area contributed by atoms with Crippen LogP contribution in [0.15, 0.2) is 53.9 Å². The molecular formula is C21H22ClN3OS. The molecule has 0 aliphatic heterocycles. The molecule has 0 aliphatic rings. The maximum atomic E-state index is 11.9. The predicted octanol–water partition coefficient (Wildman–Crippen LogP) is 6.73. The first-order chi connectivity index (χ1) is 13.2. The number of halogens is 1. The van der Waals surface area contributed by atoms with Gasteiger partial charge >= 0.3 is 0 Å². The Morgan fingerprint density at radius 1 is 1.11 bits per heavy atom. The monoisotopic (exact) mass is 399 g/mol. The summed E-state index contributed by atoms with van der Waals surface area (Å²) < 4.78 is 0. The van der Waals surface area contributed by atoms with Gasteiger partial charge in [-0.25, -0.2) is 4.98 Å². The number of unbranched alkanes of at least 4 members (excludes halogenated alkanes) is 2. The fourth-order valence-corrected chi connectivity index (χ4v) is 3.54. The van der Waals surface area contributed by atoms with E-state index in [0.717, 1.165) is 47.0 Å². The lowest BCUT2D eigenvalue weighted by molar-refractivity contribution is -0.116. The molecule has 0 unspecified atom stereocenters. The molecule has 140 valence electrons. The normalized spacial score (nSPS) is 10.6. The van der Waals surface area contributed by atoms with Gasteiger partial charge in [-0.3, -0.25) is 4.79 Å². The first kappa shape index (κ1) is 19.4. The Balaban J connectivity index is 1.61. The summed E-state index contributed by atoms with van der Waals surface area (Å²) in [7, 11) is 0. The van der Waals surface area contributed by atoms with E-state index in [0.29, 0.717) is 11.4 Å². The van der Waals surface area contributed by atoms with Crippen LogP contribution in [-0.2, 0) is 4.79 Å². The SMILES string of the molecule is CCCCCC(=O)Nc1ccc(-c2csc(Nc3ccccc3Cl)n2)cc1. The highest BCUT2D eigenvalue weighted by Crippen LogP contribution is 2.30. The van der Waals surface area contributed by atoms with Gasteiger partial charge in [-0.2, -0.15) is 0 Å². The Morgan fingerprint density at radius 3 is 2.63 bits per heavy atom. The zero-order valence-electron chi connectivity index (χ0n) is 15.2. The lowest BCUT2D eigenvalue weighted by Gasteiger charge is -2.06. The number of carbonyl (C=O) groups is 1. The molecule has 1 aromatic heterocycles. The lowest BCUT2D eigenvalue weighted by atomic mass is 10.1. The second kappa shape index (κ2) is 9.53. The van der Waals surface area contributed by atoms with E-state index in [1.165, 1.54) is 11.3 Å². The van der Waals surface area contributed by atoms with Crippen LogP contribution in [0.1, 0.15) is 32.6 Å². The summed E-state index contributed by atoms with van der Waals surface area (Å²) >= 11 is 7.70. The lowest BCUT2D eigenvalue weighted by Crippen LogP contribution is -2.10. The molecule has 0 saturated heterocycles. The van der Waals surface area contributed by atoms with Gasteiger partial charge in [0.05, 0.1) is 16.4 Å². The summed E-state index contributed by atoms with van der Waals surface area (Å²) in [4.78, 5) is 16.5. The van der Waals surface area contributed by atoms with E-state index in [2.05, 4.69) is 22.5 Å². The highest BCUT2D eigenvalue weighted by atomic mass is 35.5. The Bertz CT molecular complexity index is 892. The number of hydrogen-bond acceptors (Lipinski definition) is 4. The molecule has 1 amide bonds. The van der Waals surface area contributed by atoms with Gasteiger partial charge in [0.15, 0.2) is 5.13 Å². The number of thiazole rings is 1. The maximum absolute atomic E-state index is 11.9. The number of hydrogen-bond donors (Lipinski definition) is 2. The van der Waals surface area contributed by atoms with Crippen LogP contribution in [0.3, 0.4) is 0 Å². The van der Waals surface area contributed by atoms with Gasteiger partial charge in [-0.1, -0.05) is 55.6 Å². The number of benzene rings is 2. The van der Waals surface area contributed by atoms with E-state index in [1.54, 1.807) is 0 Å². The Hall–Kier alpha value is -2.37. The van der Waals surface area contributed by atoms with Crippen molar-refractivity contribution in [2.45, 2.75) is 32.6 Å². The van der Waals surface area contributed by atoms with Gasteiger partial charge in [-0.05, 0) is 30.7 Å². The molecule has 2 aromatic carbocycles. The molecular weight excluding hydrogens is 378 g/mol. The summed E-state index contributed by atoms with van der Waals surface area (Å²) in [5.74, 6) is 0.0658. The topological polar surface area (TPSA) is 54.0 Å². The number of nitrogens with zero attached hydrogens (tertiary/aromatic N) is 1. The van der Waals surface area contributed by atoms with Crippen LogP contribution in [-0.4, -0.2) is 10.9 Å². The first-order valence-electron chi connectivity index (χ1n) is 9.03. The van der Waals surface area contributed by atoms with Gasteiger partial charge in [0.2, 0.25) is 5.91 Å². The minimum Gasteiger partial charge on any atom is -0.330 e. The van der Waals surface area contributed by atoms with Crippen molar-refractivity contribution in [3.8, 4) is 11.3 Å². The molecule has 6 heteroatoms. The van der Waals surface area contributed by atoms with Gasteiger partial charge in [0.25, 0.3) is 0 Å². The number of carbonyl (C=O) groups excluding carboxylic acids is 1. The first-order valence-corrected chi connectivity index (χ1v) is 10.3. The molecule has 3 aromatic rings. The minimum atomic E-state index is 0.0658. The molecule has 0 saturated carbocycles. The molecule has 2 N–H and O–H groups in total. The molecule has 0 atom stereocenters. The summed E-state index contributed by atoms with van der Waals surface area (Å²) in [5, 5.41) is 9.62. The number of anilines is 3. The van der Waals surface area contributed by atoms with Crippen LogP contribution in [0.25, 0.3) is 11.3 Å². The predicted molar refractivity (Wildman–Crippen MR) is 115 cm³/mol. The minimum absolute atomic E-state index is 0.0658. The van der Waals surface area contributed by atoms with Crippen molar-refractivity contribution in [2.24, 2.45) is 0 Å². The Labute approximate surface area is 168 Å². The number of amides is 1. The Morgan fingerprint density at radius 2 is 1.89 bits per heavy atom. The summed E-state index contributed by atoms with van der Waals surface area (Å²) in [6, 6.07) is 15.3. The maximum Gasteiger partial charge on any atom is 0.224 e. The molecule has 0 spiro atoms. The van der Waals surface area contributed by atoms with Crippen molar-refractivity contribution in [2.75, 3.05) is 10.6 Å². The van der Waals surface area contributed by atoms with Gasteiger partial charge in [-0.15, -0.1) is 11.3 Å². The zero-order valence-corrected chi connectivity index (χ0v) is 16.7. The van der Waals surface area contributed by atoms with Crippen LogP contribution in [0.2, 0.25) is 5.02 Å². The standard InChI is InChI=1S/C21H22ClN3OS/c1-2-3-4-9-20(26)23-16-12-10-15(11-13-16)19-14-27-21(25-19)24-18-8-6-5-7-17(18)22/h5-8,10-14H,2-4,9H2,1H3,(H,23,26)(H,24,25). The van der Waals surface area contributed by atoms with Crippen molar-refractivity contribution >= 4 is 45.4 Å². The second-order valence-corrected chi connectivity index (χ2v) is 7.49. The molecule has 0 radical (unpaired) electrons. The van der Waals surface area contributed by atoms with E-state index in [1.807, 2.05) is 53.9 Å². The van der Waals surface area contributed by atoms with Crippen LogP contribution in [0.5, 0.6) is 0 Å². The van der Waals surface area contributed by atoms with Gasteiger partial charge < -0.3 is 10.6 Å². The third-order valence-electron chi connectivity index (χ3n) is 4.09. The van der Waals surface area contributed by atoms with Gasteiger partial charge in [0, 0.05) is 23.1 Å². The molecule has 1 heterocycles. The molecule has 4 nitrogen and oxygen atoms in total. The van der Waals surface area contributed by atoms with Crippen LogP contribution in [0.4, 0.5) is 16.5 Å². The quantitative estimate of drug-likeness (QED) is 0.413. The molecule has 0 aliphatic carbocycles. The third-order valence-corrected chi connectivity index (χ3v) is 5.18. The number of aromatic nitrogens is 1. The van der Waals surface area contributed by atoms with Gasteiger partial charge in [0.1, 0.15) is 0 Å². The van der Waals surface area contributed by atoms with E-state index in [-0.39, 0.29) is 5.91 Å². The van der Waals surface area contributed by atoms with E-state index < -0.39 is 0 Å². The van der Waals surface area contributed by atoms with Crippen molar-refractivity contribution in [1.29, 1.82) is 0 Å². The molecule has 0 bridgehead atoms. The summed E-state index contributed by atoms with van der Waals surface area (Å²) in [6.45, 7) is 2.13. The van der Waals surface area contributed by atoms with Crippen molar-refractivity contribution in [1.82, 2.24) is 4.98 Å². The fraction of sp³-hybridized carbons (Fsp3) is 0.238. The fourth-order valence-electron chi connectivity index (χ4n) is 2.62. The smallest absolute Gasteiger partial charge is 0.224 e. The highest BCUT2D eigenvalue weighted by Gasteiger charge is 2.07. The van der Waals surface area contributed by atoms with Crippen LogP contribution in [0, 0.1) is 0 Å². The Kier molecular flexibility index (Phi) is 6.85. The molecule has 3 rings (SSSR count). The molecule has 0 fully saturated rings. The van der Waals surface area contributed by atoms with Crippen molar-refractivity contribution in [3.63, 3.8) is 0 Å². The highest BCUT2D eigenvalue weighted by molar-refractivity contribution is 7.14. The third kappa shape index (κ3) is 5.55. The van der Waals surface area contributed by atoms with Crippen molar-refractivity contribution in [3.05, 3.63) is 58.9 Å². The zero-order chi connectivity index (χ0) is 19.1. The number of nitrogens with one attached hydrogen (secondary N) is 2. The average Bonchev–Trinajstić information content (AvgIpc) is 3.13. The number of rotatable bonds is 8. The van der Waals surface area contributed by atoms with Crippen LogP contribution >= 0.6 is 22.9 Å². The van der Waals surface area contributed by atoms with Crippen molar-refractivity contribution < 1.29 is 4.79 Å².